The Morgan fingerprint density at radius 3 is 2.60 bits per heavy atom. The molecule has 20 heavy (non-hydrogen) atoms. The van der Waals surface area contributed by atoms with Crippen molar-refractivity contribution in [3.05, 3.63) is 34.9 Å². The predicted octanol–water partition coefficient (Wildman–Crippen LogP) is 2.82. The van der Waals surface area contributed by atoms with Crippen molar-refractivity contribution in [1.29, 1.82) is 0 Å². The Bertz CT molecular complexity index is 423. The second-order valence-corrected chi connectivity index (χ2v) is 6.26. The molecule has 1 heterocycles. The second-order valence-electron chi connectivity index (χ2n) is 5.82. The highest BCUT2D eigenvalue weighted by atomic mass is 35.5. The van der Waals surface area contributed by atoms with Crippen LogP contribution in [-0.2, 0) is 0 Å². The molecule has 4 atom stereocenters. The SMILES string of the molecule is CCC(N)C(c1ccc(Cl)cc1)N1CCC(C)C1CO. The van der Waals surface area contributed by atoms with Crippen molar-refractivity contribution in [2.75, 3.05) is 13.2 Å². The van der Waals surface area contributed by atoms with Gasteiger partial charge in [-0.05, 0) is 43.0 Å². The molecule has 0 saturated carbocycles. The van der Waals surface area contributed by atoms with Gasteiger partial charge in [0.05, 0.1) is 12.6 Å². The minimum Gasteiger partial charge on any atom is -0.395 e. The monoisotopic (exact) mass is 296 g/mol. The van der Waals surface area contributed by atoms with E-state index in [0.717, 1.165) is 24.4 Å². The molecule has 0 amide bonds. The molecule has 0 bridgehead atoms. The first-order valence-corrected chi connectivity index (χ1v) is 7.84. The molecule has 4 heteroatoms. The number of halogens is 1. The van der Waals surface area contributed by atoms with Crippen molar-refractivity contribution in [3.63, 3.8) is 0 Å². The van der Waals surface area contributed by atoms with Crippen LogP contribution in [0.1, 0.15) is 38.3 Å². The maximum atomic E-state index is 9.70. The molecule has 1 saturated heterocycles. The van der Waals surface area contributed by atoms with E-state index in [1.165, 1.54) is 5.56 Å². The standard InChI is InChI=1S/C16H25ClN2O/c1-3-14(18)16(12-4-6-13(17)7-5-12)19-9-8-11(2)15(19)10-20/h4-7,11,14-16,20H,3,8-10,18H2,1-2H3. The number of nitrogens with two attached hydrogens (primary N) is 1. The van der Waals surface area contributed by atoms with E-state index in [4.69, 9.17) is 17.3 Å². The van der Waals surface area contributed by atoms with Crippen LogP contribution in [0.4, 0.5) is 0 Å². The summed E-state index contributed by atoms with van der Waals surface area (Å²) in [4.78, 5) is 2.38. The third-order valence-corrected chi connectivity index (χ3v) is 4.81. The molecule has 0 spiro atoms. The zero-order valence-electron chi connectivity index (χ0n) is 12.3. The number of hydrogen-bond donors (Lipinski definition) is 2. The minimum atomic E-state index is 0.0653. The Hall–Kier alpha value is -0.610. The molecular formula is C16H25ClN2O. The van der Waals surface area contributed by atoms with Crippen LogP contribution in [-0.4, -0.2) is 35.2 Å². The molecule has 4 unspecified atom stereocenters. The fourth-order valence-corrected chi connectivity index (χ4v) is 3.36. The van der Waals surface area contributed by atoms with Gasteiger partial charge in [0.15, 0.2) is 0 Å². The summed E-state index contributed by atoms with van der Waals surface area (Å²) in [5, 5.41) is 10.4. The van der Waals surface area contributed by atoms with Gasteiger partial charge >= 0.3 is 0 Å². The maximum Gasteiger partial charge on any atom is 0.0589 e. The van der Waals surface area contributed by atoms with Gasteiger partial charge in [-0.3, -0.25) is 4.90 Å². The normalized spacial score (nSPS) is 26.6. The topological polar surface area (TPSA) is 49.5 Å². The highest BCUT2D eigenvalue weighted by molar-refractivity contribution is 6.30. The summed E-state index contributed by atoms with van der Waals surface area (Å²) in [6, 6.07) is 8.36. The summed E-state index contributed by atoms with van der Waals surface area (Å²) in [5.74, 6) is 0.513. The number of rotatable bonds is 5. The van der Waals surface area contributed by atoms with Crippen LogP contribution in [0.3, 0.4) is 0 Å². The Kier molecular flexibility index (Phi) is 5.44. The van der Waals surface area contributed by atoms with Gasteiger partial charge in [-0.1, -0.05) is 37.6 Å². The molecule has 0 aliphatic carbocycles. The Morgan fingerprint density at radius 1 is 1.40 bits per heavy atom. The van der Waals surface area contributed by atoms with Gasteiger partial charge in [0.2, 0.25) is 0 Å². The molecule has 2 rings (SSSR count). The summed E-state index contributed by atoms with van der Waals surface area (Å²) in [6.45, 7) is 5.51. The average molecular weight is 297 g/mol. The number of likely N-dealkylation sites (tertiary alicyclic amines) is 1. The summed E-state index contributed by atoms with van der Waals surface area (Å²) in [5.41, 5.74) is 7.56. The fourth-order valence-electron chi connectivity index (χ4n) is 3.24. The lowest BCUT2D eigenvalue weighted by Gasteiger charge is -2.37. The molecule has 3 N–H and O–H groups in total. The van der Waals surface area contributed by atoms with Crippen LogP contribution < -0.4 is 5.73 Å². The summed E-state index contributed by atoms with van der Waals surface area (Å²) < 4.78 is 0. The second kappa shape index (κ2) is 6.90. The molecule has 3 nitrogen and oxygen atoms in total. The van der Waals surface area contributed by atoms with Crippen LogP contribution in [0.2, 0.25) is 5.02 Å². The minimum absolute atomic E-state index is 0.0653. The van der Waals surface area contributed by atoms with Crippen molar-refractivity contribution >= 4 is 11.6 Å². The van der Waals surface area contributed by atoms with E-state index in [1.807, 2.05) is 12.1 Å². The summed E-state index contributed by atoms with van der Waals surface area (Å²) in [7, 11) is 0. The first-order chi connectivity index (χ1) is 9.58. The number of hydrogen-bond acceptors (Lipinski definition) is 3. The molecule has 112 valence electrons. The Morgan fingerprint density at radius 2 is 2.05 bits per heavy atom. The van der Waals surface area contributed by atoms with Crippen LogP contribution in [0, 0.1) is 5.92 Å². The van der Waals surface area contributed by atoms with E-state index in [-0.39, 0.29) is 24.7 Å². The molecule has 1 aliphatic rings. The van der Waals surface area contributed by atoms with Crippen molar-refractivity contribution in [2.45, 2.75) is 44.8 Å². The molecular weight excluding hydrogens is 272 g/mol. The molecule has 1 fully saturated rings. The Labute approximate surface area is 126 Å². The van der Waals surface area contributed by atoms with Gasteiger partial charge in [-0.15, -0.1) is 0 Å². The van der Waals surface area contributed by atoms with E-state index in [1.54, 1.807) is 0 Å². The van der Waals surface area contributed by atoms with Crippen molar-refractivity contribution in [3.8, 4) is 0 Å². The zero-order chi connectivity index (χ0) is 14.7. The van der Waals surface area contributed by atoms with E-state index in [2.05, 4.69) is 30.9 Å². The third-order valence-electron chi connectivity index (χ3n) is 4.56. The highest BCUT2D eigenvalue weighted by Crippen LogP contribution is 2.35. The number of aliphatic hydroxyl groups excluding tert-OH is 1. The largest absolute Gasteiger partial charge is 0.395 e. The number of nitrogens with zero attached hydrogens (tertiary/aromatic N) is 1. The third kappa shape index (κ3) is 3.17. The molecule has 0 aromatic heterocycles. The van der Waals surface area contributed by atoms with E-state index in [9.17, 15) is 5.11 Å². The number of benzene rings is 1. The van der Waals surface area contributed by atoms with Gasteiger partial charge in [0.25, 0.3) is 0 Å². The lowest BCUT2D eigenvalue weighted by molar-refractivity contribution is 0.0894. The lowest BCUT2D eigenvalue weighted by Crippen LogP contribution is -2.45. The highest BCUT2D eigenvalue weighted by Gasteiger charge is 2.37. The summed E-state index contributed by atoms with van der Waals surface area (Å²) >= 11 is 5.98. The number of aliphatic hydroxyl groups is 1. The van der Waals surface area contributed by atoms with Gasteiger partial charge in [0, 0.05) is 17.1 Å². The van der Waals surface area contributed by atoms with Crippen LogP contribution in [0.15, 0.2) is 24.3 Å². The maximum absolute atomic E-state index is 9.70. The zero-order valence-corrected chi connectivity index (χ0v) is 13.1. The summed E-state index contributed by atoms with van der Waals surface area (Å²) in [6.07, 6.45) is 2.03. The van der Waals surface area contributed by atoms with E-state index in [0.29, 0.717) is 5.92 Å². The van der Waals surface area contributed by atoms with Gasteiger partial charge in [-0.2, -0.15) is 0 Å². The molecule has 1 aliphatic heterocycles. The van der Waals surface area contributed by atoms with Gasteiger partial charge < -0.3 is 10.8 Å². The first-order valence-electron chi connectivity index (χ1n) is 7.46. The molecule has 1 aromatic rings. The van der Waals surface area contributed by atoms with Crippen molar-refractivity contribution in [2.24, 2.45) is 11.7 Å². The Balaban J connectivity index is 2.30. The quantitative estimate of drug-likeness (QED) is 0.878. The lowest BCUT2D eigenvalue weighted by atomic mass is 9.94. The average Bonchev–Trinajstić information content (AvgIpc) is 2.82. The van der Waals surface area contributed by atoms with Gasteiger partial charge in [-0.25, -0.2) is 0 Å². The van der Waals surface area contributed by atoms with Crippen LogP contribution in [0.5, 0.6) is 0 Å². The van der Waals surface area contributed by atoms with E-state index >= 15 is 0 Å². The predicted molar refractivity (Wildman–Crippen MR) is 83.8 cm³/mol. The van der Waals surface area contributed by atoms with Gasteiger partial charge in [0.1, 0.15) is 0 Å². The van der Waals surface area contributed by atoms with E-state index < -0.39 is 0 Å². The molecule has 0 radical (unpaired) electrons. The smallest absolute Gasteiger partial charge is 0.0589 e. The van der Waals surface area contributed by atoms with Crippen LogP contribution >= 0.6 is 11.6 Å². The van der Waals surface area contributed by atoms with Crippen molar-refractivity contribution in [1.82, 2.24) is 4.90 Å². The molecule has 1 aromatic carbocycles. The van der Waals surface area contributed by atoms with Crippen molar-refractivity contribution < 1.29 is 5.11 Å². The first kappa shape index (κ1) is 15.8. The fraction of sp³-hybridized carbons (Fsp3) is 0.625. The van der Waals surface area contributed by atoms with Crippen LogP contribution in [0.25, 0.3) is 0 Å².